The number of ether oxygens (including phenoxy) is 1. The van der Waals surface area contributed by atoms with Crippen LogP contribution in [0, 0.1) is 11.3 Å². The Morgan fingerprint density at radius 1 is 1.14 bits per heavy atom. The predicted molar refractivity (Wildman–Crippen MR) is 154 cm³/mol. The molecule has 11 nitrogen and oxygen atoms in total. The lowest BCUT2D eigenvalue weighted by molar-refractivity contribution is -0.141. The van der Waals surface area contributed by atoms with Gasteiger partial charge in [-0.25, -0.2) is 4.98 Å². The first-order chi connectivity index (χ1) is 20.2. The lowest BCUT2D eigenvalue weighted by atomic mass is 9.87. The summed E-state index contributed by atoms with van der Waals surface area (Å²) in [4.78, 5) is 72.0. The fraction of sp³-hybridized carbons (Fsp3) is 0.533. The van der Waals surface area contributed by atoms with Crippen LogP contribution in [-0.4, -0.2) is 77.6 Å². The number of methoxy groups -OCH3 is 1. The number of amides is 4. The summed E-state index contributed by atoms with van der Waals surface area (Å²) in [5, 5.41) is 10.3. The zero-order chi connectivity index (χ0) is 29.4. The fourth-order valence-corrected chi connectivity index (χ4v) is 6.71. The van der Waals surface area contributed by atoms with Crippen LogP contribution in [0.2, 0.25) is 0 Å². The minimum atomic E-state index is -1.15. The topological polar surface area (TPSA) is 147 Å². The van der Waals surface area contributed by atoms with Crippen LogP contribution in [0.3, 0.4) is 0 Å². The molecular weight excluding hydrogens is 558 g/mol. The Bertz CT molecular complexity index is 1400. The number of likely N-dealkylation sites (tertiary alicyclic amines) is 1. The Morgan fingerprint density at radius 2 is 1.90 bits per heavy atom. The number of carbonyl (C=O) groups excluding carboxylic acids is 5. The predicted octanol–water partition coefficient (Wildman–Crippen LogP) is 2.06. The number of nitrogens with one attached hydrogen (secondary N) is 3. The molecule has 4 aliphatic rings. The van der Waals surface area contributed by atoms with Crippen LogP contribution < -0.4 is 20.7 Å². The van der Waals surface area contributed by atoms with Crippen molar-refractivity contribution < 1.29 is 28.7 Å². The molecule has 2 saturated heterocycles. The molecule has 12 heteroatoms. The monoisotopic (exact) mass is 593 g/mol. The lowest BCUT2D eigenvalue weighted by Gasteiger charge is -2.39. The van der Waals surface area contributed by atoms with Crippen molar-refractivity contribution in [1.82, 2.24) is 25.8 Å². The number of piperidine rings is 1. The van der Waals surface area contributed by atoms with Gasteiger partial charge in [-0.05, 0) is 81.0 Å². The molecule has 3 unspecified atom stereocenters. The summed E-state index contributed by atoms with van der Waals surface area (Å²) in [5.74, 6) is -2.25. The van der Waals surface area contributed by atoms with E-state index < -0.39 is 35.6 Å². The molecular formula is C30H35N5O6S. The highest BCUT2D eigenvalue weighted by Gasteiger charge is 2.51. The molecule has 0 radical (unpaired) electrons. The average Bonchev–Trinajstić information content (AvgIpc) is 3.87. The minimum absolute atomic E-state index is 0.0180. The third kappa shape index (κ3) is 6.04. The molecule has 222 valence electrons. The molecule has 2 saturated carbocycles. The van der Waals surface area contributed by atoms with E-state index >= 15 is 0 Å². The summed E-state index contributed by atoms with van der Waals surface area (Å²) in [6, 6.07) is 5.42. The van der Waals surface area contributed by atoms with Gasteiger partial charge in [0, 0.05) is 36.0 Å². The van der Waals surface area contributed by atoms with Crippen LogP contribution in [0.4, 0.5) is 0 Å². The van der Waals surface area contributed by atoms with Crippen LogP contribution in [0.25, 0.3) is 11.3 Å². The largest absolute Gasteiger partial charge is 0.497 e. The molecule has 1 aromatic heterocycles. The van der Waals surface area contributed by atoms with Gasteiger partial charge in [-0.2, -0.15) is 0 Å². The number of ketones is 1. The third-order valence-electron chi connectivity index (χ3n) is 8.93. The van der Waals surface area contributed by atoms with Gasteiger partial charge in [-0.15, -0.1) is 11.3 Å². The van der Waals surface area contributed by atoms with Gasteiger partial charge in [0.15, 0.2) is 5.01 Å². The van der Waals surface area contributed by atoms with E-state index in [0.717, 1.165) is 43.4 Å². The quantitative estimate of drug-likeness (QED) is 0.358. The van der Waals surface area contributed by atoms with Gasteiger partial charge in [-0.3, -0.25) is 24.0 Å². The number of Topliss-reactive ketones (excluding diaryl/α,β-unsaturated/α-hetero) is 1. The molecule has 1 spiro atoms. The normalized spacial score (nSPS) is 23.2. The summed E-state index contributed by atoms with van der Waals surface area (Å²) < 4.78 is 5.22. The van der Waals surface area contributed by atoms with E-state index in [1.165, 1.54) is 11.3 Å². The Balaban J connectivity index is 1.20. The van der Waals surface area contributed by atoms with Crippen molar-refractivity contribution in [2.45, 2.75) is 69.5 Å². The highest BCUT2D eigenvalue weighted by Crippen LogP contribution is 2.55. The molecule has 4 amide bonds. The smallest absolute Gasteiger partial charge is 0.289 e. The minimum Gasteiger partial charge on any atom is -0.497 e. The van der Waals surface area contributed by atoms with Gasteiger partial charge in [-0.1, -0.05) is 0 Å². The van der Waals surface area contributed by atoms with Crippen molar-refractivity contribution in [3.05, 3.63) is 34.7 Å². The number of hydrogen-bond donors (Lipinski definition) is 3. The Morgan fingerprint density at radius 3 is 2.55 bits per heavy atom. The lowest BCUT2D eigenvalue weighted by Crippen LogP contribution is -2.58. The number of thiazole rings is 1. The van der Waals surface area contributed by atoms with Crippen LogP contribution in [0.15, 0.2) is 29.6 Å². The molecule has 1 aromatic carbocycles. The second kappa shape index (κ2) is 11.5. The molecule has 3 heterocycles. The maximum absolute atomic E-state index is 13.9. The number of hydrogen-bond acceptors (Lipinski definition) is 8. The van der Waals surface area contributed by atoms with E-state index in [4.69, 9.17) is 4.74 Å². The van der Waals surface area contributed by atoms with Crippen molar-refractivity contribution in [3.8, 4) is 17.0 Å². The molecule has 3 atom stereocenters. The van der Waals surface area contributed by atoms with Crippen molar-refractivity contribution in [3.63, 3.8) is 0 Å². The van der Waals surface area contributed by atoms with Crippen LogP contribution in [0.1, 0.15) is 61.2 Å². The van der Waals surface area contributed by atoms with Gasteiger partial charge >= 0.3 is 0 Å². The molecule has 3 N–H and O–H groups in total. The number of rotatable bonds is 10. The highest BCUT2D eigenvalue weighted by atomic mass is 32.1. The van der Waals surface area contributed by atoms with E-state index in [0.29, 0.717) is 31.6 Å². The number of benzene rings is 1. The zero-order valence-corrected chi connectivity index (χ0v) is 24.3. The van der Waals surface area contributed by atoms with Crippen molar-refractivity contribution in [2.75, 3.05) is 20.2 Å². The van der Waals surface area contributed by atoms with Crippen LogP contribution in [0.5, 0.6) is 5.75 Å². The van der Waals surface area contributed by atoms with Crippen LogP contribution in [-0.2, 0) is 19.2 Å². The summed E-state index contributed by atoms with van der Waals surface area (Å²) >= 11 is 1.22. The highest BCUT2D eigenvalue weighted by molar-refractivity contribution is 7.12. The average molecular weight is 594 g/mol. The van der Waals surface area contributed by atoms with Gasteiger partial charge in [0.25, 0.3) is 11.8 Å². The molecule has 4 fully saturated rings. The SMILES string of the molecule is COc1ccc(-c2csc(C(=O)N3CCC4(CC4)CC3C(=O)NC(CC3CCNC3=O)C(=O)C(=O)NC3CC3)n2)cc1. The Kier molecular flexibility index (Phi) is 7.73. The van der Waals surface area contributed by atoms with Crippen molar-refractivity contribution >= 4 is 40.7 Å². The molecule has 2 aliphatic carbocycles. The van der Waals surface area contributed by atoms with E-state index in [1.54, 1.807) is 12.0 Å². The fourth-order valence-electron chi connectivity index (χ4n) is 5.93. The Hall–Kier alpha value is -3.80. The first-order valence-electron chi connectivity index (χ1n) is 14.6. The number of nitrogens with zero attached hydrogens (tertiary/aromatic N) is 2. The van der Waals surface area contributed by atoms with E-state index in [2.05, 4.69) is 20.9 Å². The summed E-state index contributed by atoms with van der Waals surface area (Å²) in [7, 11) is 1.60. The summed E-state index contributed by atoms with van der Waals surface area (Å²) in [6.45, 7) is 0.895. The first-order valence-corrected chi connectivity index (χ1v) is 15.5. The van der Waals surface area contributed by atoms with Crippen molar-refractivity contribution in [2.24, 2.45) is 11.3 Å². The molecule has 0 bridgehead atoms. The van der Waals surface area contributed by atoms with Gasteiger partial charge in [0.05, 0.1) is 18.8 Å². The maximum Gasteiger partial charge on any atom is 0.289 e. The third-order valence-corrected chi connectivity index (χ3v) is 9.76. The summed E-state index contributed by atoms with van der Waals surface area (Å²) in [5.41, 5.74) is 1.52. The van der Waals surface area contributed by atoms with E-state index in [-0.39, 0.29) is 34.7 Å². The Labute approximate surface area is 247 Å². The van der Waals surface area contributed by atoms with Gasteiger partial charge in [0.2, 0.25) is 17.6 Å². The zero-order valence-electron chi connectivity index (χ0n) is 23.5. The number of carbonyl (C=O) groups is 5. The van der Waals surface area contributed by atoms with Crippen LogP contribution >= 0.6 is 11.3 Å². The standard InChI is InChI=1S/C30H35N5O6S/c1-41-20-6-2-17(3-7-20)22-16-42-28(34-22)29(40)35-13-11-30(9-10-30)15-23(35)26(38)33-21(14-18-8-12-31-25(18)37)24(36)27(39)32-19-4-5-19/h2-3,6-7,16,18-19,21,23H,4-5,8-15H2,1H3,(H,31,37)(H,32,39)(H,33,38). The van der Waals surface area contributed by atoms with Gasteiger partial charge < -0.3 is 25.6 Å². The number of aromatic nitrogens is 1. The second-order valence-electron chi connectivity index (χ2n) is 11.9. The molecule has 42 heavy (non-hydrogen) atoms. The second-order valence-corrected chi connectivity index (χ2v) is 12.8. The maximum atomic E-state index is 13.9. The van der Waals surface area contributed by atoms with E-state index in [1.807, 2.05) is 29.6 Å². The first kappa shape index (κ1) is 28.3. The molecule has 2 aliphatic heterocycles. The van der Waals surface area contributed by atoms with Crippen molar-refractivity contribution in [1.29, 1.82) is 0 Å². The van der Waals surface area contributed by atoms with E-state index in [9.17, 15) is 24.0 Å². The molecule has 6 rings (SSSR count). The molecule has 2 aromatic rings. The summed E-state index contributed by atoms with van der Waals surface area (Å²) in [6.07, 6.45) is 5.48. The van der Waals surface area contributed by atoms with Gasteiger partial charge in [0.1, 0.15) is 11.8 Å².